The number of alkyl halides is 3. The van der Waals surface area contributed by atoms with Crippen molar-refractivity contribution >= 4 is 34.4 Å². The van der Waals surface area contributed by atoms with Crippen molar-refractivity contribution < 1.29 is 37.0 Å². The molecule has 0 aliphatic heterocycles. The third kappa shape index (κ3) is 8.98. The van der Waals surface area contributed by atoms with Gasteiger partial charge >= 0.3 is 6.18 Å². The highest BCUT2D eigenvalue weighted by atomic mass is 19.4. The first kappa shape index (κ1) is 32.8. The minimum absolute atomic E-state index is 0.107. The molecule has 0 unspecified atom stereocenters. The highest BCUT2D eigenvalue weighted by Gasteiger charge is 2.29. The van der Waals surface area contributed by atoms with Crippen LogP contribution in [0.25, 0.3) is 17.0 Å². The average molecular weight is 622 g/mol. The lowest BCUT2D eigenvalue weighted by atomic mass is 10.1. The number of carbonyl (C=O) groups excluding carboxylic acids is 2. The van der Waals surface area contributed by atoms with Gasteiger partial charge in [0.2, 0.25) is 5.91 Å². The van der Waals surface area contributed by atoms with Crippen LogP contribution in [-0.4, -0.2) is 43.5 Å². The summed E-state index contributed by atoms with van der Waals surface area (Å²) in [6, 6.07) is 17.5. The number of ether oxygens (including phenoxy) is 3. The number of ketones is 1. The van der Waals surface area contributed by atoms with Crippen LogP contribution in [0.4, 0.5) is 18.9 Å². The average Bonchev–Trinajstić information content (AvgIpc) is 3.03. The number of pyridine rings is 1. The molecule has 2 N–H and O–H groups in total. The maximum absolute atomic E-state index is 12.7. The number of anilines is 1. The number of rotatable bonds is 14. The number of hydrogen-bond acceptors (Lipinski definition) is 7. The largest absolute Gasteiger partial charge is 0.496 e. The molecule has 0 aliphatic rings. The first-order valence-corrected chi connectivity index (χ1v) is 14.3. The van der Waals surface area contributed by atoms with Gasteiger partial charge in [0, 0.05) is 17.2 Å². The molecule has 0 saturated heterocycles. The van der Waals surface area contributed by atoms with Gasteiger partial charge < -0.3 is 24.8 Å². The van der Waals surface area contributed by atoms with Gasteiger partial charge in [0.1, 0.15) is 23.6 Å². The molecule has 0 bridgehead atoms. The first-order valence-electron chi connectivity index (χ1n) is 14.3. The Bertz CT molecular complexity index is 1670. The number of aromatic nitrogens is 1. The van der Waals surface area contributed by atoms with Crippen LogP contribution in [0.3, 0.4) is 0 Å². The van der Waals surface area contributed by atoms with Crippen molar-refractivity contribution in [1.82, 2.24) is 10.3 Å². The first-order chi connectivity index (χ1) is 21.6. The Morgan fingerprint density at radius 2 is 1.71 bits per heavy atom. The molecule has 0 aliphatic carbocycles. The lowest BCUT2D eigenvalue weighted by Crippen LogP contribution is -2.31. The minimum atomic E-state index is -4.44. The number of Topliss-reactive ketones (excluding diaryl/α,β-unsaturated/α-hetero) is 1. The molecule has 8 nitrogen and oxygen atoms in total. The van der Waals surface area contributed by atoms with Gasteiger partial charge in [0.05, 0.1) is 43.6 Å². The summed E-state index contributed by atoms with van der Waals surface area (Å²) in [6.07, 6.45) is -1.17. The van der Waals surface area contributed by atoms with Crippen molar-refractivity contribution in [2.45, 2.75) is 33.1 Å². The summed E-state index contributed by atoms with van der Waals surface area (Å²) < 4.78 is 56.1. The second-order valence-corrected chi connectivity index (χ2v) is 10.1. The number of carbonyl (C=O) groups is 2. The Hall–Kier alpha value is -5.06. The number of halogens is 3. The van der Waals surface area contributed by atoms with Crippen molar-refractivity contribution in [3.63, 3.8) is 0 Å². The molecule has 0 saturated carbocycles. The van der Waals surface area contributed by atoms with Crippen LogP contribution in [0.5, 0.6) is 17.2 Å². The van der Waals surface area contributed by atoms with Crippen LogP contribution in [-0.2, 0) is 22.4 Å². The van der Waals surface area contributed by atoms with Crippen LogP contribution in [0.15, 0.2) is 72.8 Å². The molecule has 0 radical (unpaired) electrons. The lowest BCUT2D eigenvalue weighted by Gasteiger charge is -2.20. The number of amides is 1. The predicted molar refractivity (Wildman–Crippen MR) is 167 cm³/mol. The van der Waals surface area contributed by atoms with Crippen molar-refractivity contribution in [2.24, 2.45) is 0 Å². The molecular formula is C34H34F3N3O5. The van der Waals surface area contributed by atoms with Gasteiger partial charge in [0.25, 0.3) is 0 Å². The molecule has 1 heterocycles. The Labute approximate surface area is 259 Å². The lowest BCUT2D eigenvalue weighted by molar-refractivity contribution is -0.137. The second kappa shape index (κ2) is 15.1. The summed E-state index contributed by atoms with van der Waals surface area (Å²) in [7, 11) is 1.55. The van der Waals surface area contributed by atoms with E-state index in [0.717, 1.165) is 41.2 Å². The Balaban J connectivity index is 1.40. The normalized spacial score (nSPS) is 11.4. The van der Waals surface area contributed by atoms with Gasteiger partial charge in [0.15, 0.2) is 11.5 Å². The second-order valence-electron chi connectivity index (χ2n) is 10.1. The molecule has 4 rings (SSSR count). The minimum Gasteiger partial charge on any atom is -0.496 e. The van der Waals surface area contributed by atoms with E-state index in [4.69, 9.17) is 14.2 Å². The number of methoxy groups -OCH3 is 1. The topological polar surface area (TPSA) is 98.8 Å². The highest BCUT2D eigenvalue weighted by molar-refractivity contribution is 5.95. The van der Waals surface area contributed by atoms with E-state index in [1.54, 1.807) is 19.2 Å². The van der Waals surface area contributed by atoms with Crippen LogP contribution in [0, 0.1) is 6.92 Å². The molecule has 236 valence electrons. The summed E-state index contributed by atoms with van der Waals surface area (Å²) >= 11 is 0. The molecule has 3 aromatic carbocycles. The number of para-hydroxylation sites is 1. The summed E-state index contributed by atoms with van der Waals surface area (Å²) in [5, 5.41) is 6.52. The SMILES string of the molecule is CCCOc1c(NCC(=O)CNC(=O)C=Cc2ccc(C(F)(F)F)cc2)ccc(OC)c1COc1cccc2ccc(C)nc12. The standard InChI is InChI=1S/C34H34F3N3O5/c1-4-18-44-33-27(21-45-30-7-5-6-24-12-8-22(2)40-32(24)30)29(43-3)16-15-28(33)38-19-26(41)20-39-31(42)17-11-23-9-13-25(14-10-23)34(35,36)37/h5-17,38H,4,18-21H2,1-3H3,(H,39,42). The molecule has 11 heteroatoms. The molecule has 45 heavy (non-hydrogen) atoms. The zero-order chi connectivity index (χ0) is 32.4. The van der Waals surface area contributed by atoms with Gasteiger partial charge in [-0.2, -0.15) is 13.2 Å². The van der Waals surface area contributed by atoms with E-state index in [1.807, 2.05) is 44.2 Å². The van der Waals surface area contributed by atoms with Crippen LogP contribution >= 0.6 is 0 Å². The molecule has 0 spiro atoms. The number of nitrogens with one attached hydrogen (secondary N) is 2. The Morgan fingerprint density at radius 1 is 0.933 bits per heavy atom. The van der Waals surface area contributed by atoms with E-state index in [9.17, 15) is 22.8 Å². The summed E-state index contributed by atoms with van der Waals surface area (Å²) in [6.45, 7) is 4.06. The Morgan fingerprint density at radius 3 is 2.42 bits per heavy atom. The predicted octanol–water partition coefficient (Wildman–Crippen LogP) is 6.75. The van der Waals surface area contributed by atoms with Crippen LogP contribution < -0.4 is 24.8 Å². The third-order valence-electron chi connectivity index (χ3n) is 6.68. The van der Waals surface area contributed by atoms with Crippen molar-refractivity contribution in [1.29, 1.82) is 0 Å². The van der Waals surface area contributed by atoms with Crippen molar-refractivity contribution in [3.05, 3.63) is 95.2 Å². The van der Waals surface area contributed by atoms with E-state index in [1.165, 1.54) is 18.2 Å². The molecule has 1 amide bonds. The summed E-state index contributed by atoms with van der Waals surface area (Å²) in [4.78, 5) is 29.4. The molecule has 4 aromatic rings. The number of fused-ring (bicyclic) bond motifs is 1. The number of benzene rings is 3. The highest BCUT2D eigenvalue weighted by Crippen LogP contribution is 2.38. The van der Waals surface area contributed by atoms with Gasteiger partial charge in [-0.3, -0.25) is 9.59 Å². The van der Waals surface area contributed by atoms with Crippen molar-refractivity contribution in [2.75, 3.05) is 32.1 Å². The molecule has 0 fully saturated rings. The monoisotopic (exact) mass is 621 g/mol. The van der Waals surface area contributed by atoms with Gasteiger partial charge in [-0.25, -0.2) is 4.98 Å². The van der Waals surface area contributed by atoms with E-state index >= 15 is 0 Å². The molecular weight excluding hydrogens is 587 g/mol. The number of hydrogen-bond donors (Lipinski definition) is 2. The molecule has 1 aromatic heterocycles. The maximum Gasteiger partial charge on any atom is 0.416 e. The fourth-order valence-electron chi connectivity index (χ4n) is 4.39. The summed E-state index contributed by atoms with van der Waals surface area (Å²) in [5.41, 5.74) is 2.44. The molecule has 0 atom stereocenters. The number of nitrogens with zero attached hydrogens (tertiary/aromatic N) is 1. The maximum atomic E-state index is 12.7. The quantitative estimate of drug-likeness (QED) is 0.150. The van der Waals surface area contributed by atoms with E-state index in [0.29, 0.717) is 40.7 Å². The van der Waals surface area contributed by atoms with Crippen LogP contribution in [0.1, 0.15) is 35.7 Å². The van der Waals surface area contributed by atoms with Gasteiger partial charge in [-0.15, -0.1) is 0 Å². The Kier molecular flexibility index (Phi) is 11.0. The van der Waals surface area contributed by atoms with Gasteiger partial charge in [-0.1, -0.05) is 37.3 Å². The summed E-state index contributed by atoms with van der Waals surface area (Å²) in [5.74, 6) is 0.776. The van der Waals surface area contributed by atoms with E-state index in [2.05, 4.69) is 15.6 Å². The van der Waals surface area contributed by atoms with E-state index < -0.39 is 17.6 Å². The van der Waals surface area contributed by atoms with Crippen molar-refractivity contribution in [3.8, 4) is 17.2 Å². The van der Waals surface area contributed by atoms with E-state index in [-0.39, 0.29) is 25.5 Å². The fraction of sp³-hybridized carbons (Fsp3) is 0.265. The van der Waals surface area contributed by atoms with Gasteiger partial charge in [-0.05, 0) is 61.4 Å². The zero-order valence-electron chi connectivity index (χ0n) is 25.2. The fourth-order valence-corrected chi connectivity index (χ4v) is 4.39. The van der Waals surface area contributed by atoms with Crippen LogP contribution in [0.2, 0.25) is 0 Å². The third-order valence-corrected chi connectivity index (χ3v) is 6.68. The number of aryl methyl sites for hydroxylation is 1. The zero-order valence-corrected chi connectivity index (χ0v) is 25.2. The smallest absolute Gasteiger partial charge is 0.416 e.